The van der Waals surface area contributed by atoms with Gasteiger partial charge < -0.3 is 9.64 Å². The third-order valence-electron chi connectivity index (χ3n) is 5.62. The quantitative estimate of drug-likeness (QED) is 0.651. The van der Waals surface area contributed by atoms with E-state index in [1.165, 1.54) is 6.07 Å². The Balaban J connectivity index is 1.65. The Kier molecular flexibility index (Phi) is 7.38. The number of aryl methyl sites for hydroxylation is 1. The van der Waals surface area contributed by atoms with Gasteiger partial charge in [0.1, 0.15) is 12.4 Å². The van der Waals surface area contributed by atoms with Gasteiger partial charge in [-0.3, -0.25) is 4.79 Å². The summed E-state index contributed by atoms with van der Waals surface area (Å²) in [5.74, 6) is 1.17. The van der Waals surface area contributed by atoms with Gasteiger partial charge in [0.2, 0.25) is 10.0 Å². The second-order valence-corrected chi connectivity index (χ2v) is 10.6. The van der Waals surface area contributed by atoms with E-state index in [9.17, 15) is 13.2 Å². The maximum absolute atomic E-state index is 13.2. The van der Waals surface area contributed by atoms with Gasteiger partial charge in [-0.25, -0.2) is 8.42 Å². The second kappa shape index (κ2) is 9.83. The van der Waals surface area contributed by atoms with Gasteiger partial charge in [-0.2, -0.15) is 4.31 Å². The molecular formula is C24H32N2O4S. The van der Waals surface area contributed by atoms with Crippen molar-refractivity contribution in [2.75, 3.05) is 33.3 Å². The van der Waals surface area contributed by atoms with Gasteiger partial charge in [-0.15, -0.1) is 0 Å². The summed E-state index contributed by atoms with van der Waals surface area (Å²) in [6.07, 6.45) is 1.03. The number of amides is 1. The van der Waals surface area contributed by atoms with Crippen molar-refractivity contribution in [3.8, 4) is 5.75 Å². The zero-order valence-corrected chi connectivity index (χ0v) is 19.6. The largest absolute Gasteiger partial charge is 0.492 e. The maximum Gasteiger partial charge on any atom is 0.253 e. The molecule has 0 saturated carbocycles. The minimum absolute atomic E-state index is 0.170. The van der Waals surface area contributed by atoms with Crippen LogP contribution >= 0.6 is 0 Å². The monoisotopic (exact) mass is 444 g/mol. The molecule has 1 heterocycles. The van der Waals surface area contributed by atoms with E-state index in [-0.39, 0.29) is 10.8 Å². The van der Waals surface area contributed by atoms with Crippen LogP contribution in [0.5, 0.6) is 5.75 Å². The summed E-state index contributed by atoms with van der Waals surface area (Å²) in [4.78, 5) is 14.6. The molecule has 0 aliphatic carbocycles. The van der Waals surface area contributed by atoms with Crippen LogP contribution < -0.4 is 4.74 Å². The molecule has 2 aromatic rings. The zero-order chi connectivity index (χ0) is 22.6. The van der Waals surface area contributed by atoms with Gasteiger partial charge in [0.15, 0.2) is 0 Å². The van der Waals surface area contributed by atoms with E-state index in [0.717, 1.165) is 17.7 Å². The first-order valence-corrected chi connectivity index (χ1v) is 12.2. The lowest BCUT2D eigenvalue weighted by Gasteiger charge is -2.34. The second-order valence-electron chi connectivity index (χ2n) is 8.68. The summed E-state index contributed by atoms with van der Waals surface area (Å²) >= 11 is 0. The van der Waals surface area contributed by atoms with Crippen molar-refractivity contribution in [1.29, 1.82) is 0 Å². The molecule has 1 aliphatic heterocycles. The van der Waals surface area contributed by atoms with E-state index in [1.54, 1.807) is 34.5 Å². The third kappa shape index (κ3) is 5.86. The highest BCUT2D eigenvalue weighted by Crippen LogP contribution is 2.27. The van der Waals surface area contributed by atoms with Crippen LogP contribution in [0.15, 0.2) is 53.4 Å². The Labute approximate surface area is 185 Å². The normalized spacial score (nSPS) is 19.7. The molecular weight excluding hydrogens is 412 g/mol. The highest BCUT2D eigenvalue weighted by atomic mass is 32.2. The molecule has 1 amide bonds. The van der Waals surface area contributed by atoms with Gasteiger partial charge in [0, 0.05) is 25.7 Å². The van der Waals surface area contributed by atoms with Crippen LogP contribution in [0.25, 0.3) is 0 Å². The van der Waals surface area contributed by atoms with Crippen LogP contribution in [0, 0.1) is 18.8 Å². The number of piperidine rings is 1. The Morgan fingerprint density at radius 1 is 1.10 bits per heavy atom. The van der Waals surface area contributed by atoms with E-state index in [0.29, 0.717) is 43.6 Å². The fourth-order valence-corrected chi connectivity index (χ4v) is 5.72. The lowest BCUT2D eigenvalue weighted by molar-refractivity contribution is 0.0773. The SMILES string of the molecule is Cc1ccc(OCCN(C)C(=O)c2cccc(S(=O)(=O)N3CC(C)CC(C)C3)c2)cc1. The summed E-state index contributed by atoms with van der Waals surface area (Å²) in [5.41, 5.74) is 1.51. The average molecular weight is 445 g/mol. The minimum atomic E-state index is -3.63. The average Bonchev–Trinajstić information content (AvgIpc) is 2.74. The molecule has 0 radical (unpaired) electrons. The van der Waals surface area contributed by atoms with Crippen LogP contribution in [0.2, 0.25) is 0 Å². The van der Waals surface area contributed by atoms with E-state index in [1.807, 2.05) is 31.2 Å². The lowest BCUT2D eigenvalue weighted by Crippen LogP contribution is -2.42. The number of carbonyl (C=O) groups excluding carboxylic acids is 1. The number of carbonyl (C=O) groups is 1. The summed E-state index contributed by atoms with van der Waals surface area (Å²) in [5, 5.41) is 0. The molecule has 1 aliphatic rings. The predicted octanol–water partition coefficient (Wildman–Crippen LogP) is 3.81. The van der Waals surface area contributed by atoms with Gasteiger partial charge in [0.05, 0.1) is 11.4 Å². The van der Waals surface area contributed by atoms with Crippen LogP contribution in [-0.4, -0.2) is 56.8 Å². The highest BCUT2D eigenvalue weighted by Gasteiger charge is 2.32. The first kappa shape index (κ1) is 23.3. The smallest absolute Gasteiger partial charge is 0.253 e. The summed E-state index contributed by atoms with van der Waals surface area (Å²) in [7, 11) is -1.94. The fourth-order valence-electron chi connectivity index (χ4n) is 4.00. The molecule has 0 bridgehead atoms. The molecule has 168 valence electrons. The maximum atomic E-state index is 13.2. The standard InChI is InChI=1S/C24H32N2O4S/c1-18-8-10-22(11-9-18)30-13-12-25(4)24(27)21-6-5-7-23(15-21)31(28,29)26-16-19(2)14-20(3)17-26/h5-11,15,19-20H,12-14,16-17H2,1-4H3. The Morgan fingerprint density at radius 3 is 2.39 bits per heavy atom. The first-order chi connectivity index (χ1) is 14.7. The molecule has 1 fully saturated rings. The van der Waals surface area contributed by atoms with Crippen LogP contribution in [-0.2, 0) is 10.0 Å². The van der Waals surface area contributed by atoms with Gasteiger partial charge in [-0.05, 0) is 55.5 Å². The van der Waals surface area contributed by atoms with E-state index < -0.39 is 10.0 Å². The summed E-state index contributed by atoms with van der Waals surface area (Å²) in [6, 6.07) is 14.1. The van der Waals surface area contributed by atoms with Crippen molar-refractivity contribution in [2.24, 2.45) is 11.8 Å². The highest BCUT2D eigenvalue weighted by molar-refractivity contribution is 7.89. The van der Waals surface area contributed by atoms with Gasteiger partial charge in [-0.1, -0.05) is 37.6 Å². The minimum Gasteiger partial charge on any atom is -0.492 e. The predicted molar refractivity (Wildman–Crippen MR) is 122 cm³/mol. The Hall–Kier alpha value is -2.38. The van der Waals surface area contributed by atoms with Gasteiger partial charge >= 0.3 is 0 Å². The molecule has 0 spiro atoms. The molecule has 2 atom stereocenters. The van der Waals surface area contributed by atoms with Crippen LogP contribution in [0.1, 0.15) is 36.2 Å². The van der Waals surface area contributed by atoms with Crippen molar-refractivity contribution in [1.82, 2.24) is 9.21 Å². The molecule has 0 aromatic heterocycles. The molecule has 3 rings (SSSR count). The van der Waals surface area contributed by atoms with Crippen molar-refractivity contribution in [2.45, 2.75) is 32.1 Å². The molecule has 2 aromatic carbocycles. The topological polar surface area (TPSA) is 66.9 Å². The zero-order valence-electron chi connectivity index (χ0n) is 18.7. The number of likely N-dealkylation sites (N-methyl/N-ethyl adjacent to an activating group) is 1. The van der Waals surface area contributed by atoms with Gasteiger partial charge in [0.25, 0.3) is 5.91 Å². The third-order valence-corrected chi connectivity index (χ3v) is 7.44. The van der Waals surface area contributed by atoms with Crippen molar-refractivity contribution in [3.63, 3.8) is 0 Å². The Bertz CT molecular complexity index is 994. The van der Waals surface area contributed by atoms with Crippen molar-refractivity contribution in [3.05, 3.63) is 59.7 Å². The molecule has 6 nitrogen and oxygen atoms in total. The molecule has 0 N–H and O–H groups in total. The van der Waals surface area contributed by atoms with Crippen molar-refractivity contribution >= 4 is 15.9 Å². The molecule has 31 heavy (non-hydrogen) atoms. The van der Waals surface area contributed by atoms with E-state index in [4.69, 9.17) is 4.74 Å². The van der Waals surface area contributed by atoms with Crippen LogP contribution in [0.4, 0.5) is 0 Å². The molecule has 2 unspecified atom stereocenters. The number of hydrogen-bond donors (Lipinski definition) is 0. The number of nitrogens with zero attached hydrogens (tertiary/aromatic N) is 2. The number of rotatable bonds is 7. The van der Waals surface area contributed by atoms with Crippen molar-refractivity contribution < 1.29 is 17.9 Å². The van der Waals surface area contributed by atoms with Crippen LogP contribution in [0.3, 0.4) is 0 Å². The number of ether oxygens (including phenoxy) is 1. The summed E-state index contributed by atoms with van der Waals surface area (Å²) < 4.78 is 33.6. The number of sulfonamides is 1. The lowest BCUT2D eigenvalue weighted by atomic mass is 9.94. The van der Waals surface area contributed by atoms with E-state index in [2.05, 4.69) is 13.8 Å². The van der Waals surface area contributed by atoms with E-state index >= 15 is 0 Å². The first-order valence-electron chi connectivity index (χ1n) is 10.7. The fraction of sp³-hybridized carbons (Fsp3) is 0.458. The number of hydrogen-bond acceptors (Lipinski definition) is 4. The molecule has 7 heteroatoms. The number of benzene rings is 2. The molecule has 1 saturated heterocycles. The Morgan fingerprint density at radius 2 is 1.74 bits per heavy atom. The summed E-state index contributed by atoms with van der Waals surface area (Å²) in [6.45, 7) is 7.94.